The topological polar surface area (TPSA) is 172 Å². The fourth-order valence-electron chi connectivity index (χ4n) is 2.73. The Morgan fingerprint density at radius 2 is 1.00 bits per heavy atom. The summed E-state index contributed by atoms with van der Waals surface area (Å²) < 4.78 is 15.4. The minimum absolute atomic E-state index is 0.0222. The van der Waals surface area contributed by atoms with Crippen molar-refractivity contribution in [2.45, 2.75) is 52.7 Å². The summed E-state index contributed by atoms with van der Waals surface area (Å²) in [6.45, 7) is 10.1. The van der Waals surface area contributed by atoms with Crippen molar-refractivity contribution >= 4 is 46.9 Å². The van der Waals surface area contributed by atoms with Gasteiger partial charge in [0.1, 0.15) is 11.2 Å². The molecular formula is C24H30N4O7. The van der Waals surface area contributed by atoms with Crippen molar-refractivity contribution in [3.05, 3.63) is 47.5 Å². The van der Waals surface area contributed by atoms with Crippen molar-refractivity contribution in [1.29, 1.82) is 0 Å². The van der Waals surface area contributed by atoms with Crippen LogP contribution in [0.2, 0.25) is 0 Å². The summed E-state index contributed by atoms with van der Waals surface area (Å²) in [5.41, 5.74) is 10.3. The average molecular weight is 487 g/mol. The van der Waals surface area contributed by atoms with Gasteiger partial charge in [0.15, 0.2) is 0 Å². The fourth-order valence-corrected chi connectivity index (χ4v) is 2.73. The number of amides is 2. The molecule has 35 heavy (non-hydrogen) atoms. The Balaban J connectivity index is 2.32. The van der Waals surface area contributed by atoms with Gasteiger partial charge in [0.05, 0.1) is 11.1 Å². The first kappa shape index (κ1) is 27.0. The highest BCUT2D eigenvalue weighted by molar-refractivity contribution is 6.05. The summed E-state index contributed by atoms with van der Waals surface area (Å²) in [6.07, 6.45) is -1.59. The van der Waals surface area contributed by atoms with E-state index in [9.17, 15) is 19.2 Å². The molecule has 0 saturated heterocycles. The van der Waals surface area contributed by atoms with Crippen LogP contribution in [0.25, 0.3) is 0 Å². The maximum atomic E-state index is 12.7. The molecule has 0 fully saturated rings. The zero-order valence-electron chi connectivity index (χ0n) is 20.5. The molecule has 0 aromatic heterocycles. The molecule has 188 valence electrons. The predicted octanol–water partition coefficient (Wildman–Crippen LogP) is 4.54. The van der Waals surface area contributed by atoms with Crippen LogP contribution in [0.4, 0.5) is 32.3 Å². The number of nitrogens with two attached hydrogens (primary N) is 2. The van der Waals surface area contributed by atoms with E-state index in [2.05, 4.69) is 10.6 Å². The predicted molar refractivity (Wildman–Crippen MR) is 131 cm³/mol. The largest absolute Gasteiger partial charge is 0.444 e. The Hall–Kier alpha value is -4.28. The molecule has 2 rings (SSSR count). The number of hydrogen-bond acceptors (Lipinski definition) is 9. The average Bonchev–Trinajstić information content (AvgIpc) is 2.63. The number of esters is 2. The van der Waals surface area contributed by atoms with E-state index in [1.807, 2.05) is 0 Å². The molecule has 0 atom stereocenters. The van der Waals surface area contributed by atoms with Gasteiger partial charge in [-0.2, -0.15) is 0 Å². The molecule has 0 aliphatic heterocycles. The number of carbonyl (C=O) groups excluding carboxylic acids is 4. The highest BCUT2D eigenvalue weighted by Crippen LogP contribution is 2.23. The Labute approximate surface area is 203 Å². The molecule has 0 spiro atoms. The number of hydrogen-bond donors (Lipinski definition) is 4. The summed E-state index contributed by atoms with van der Waals surface area (Å²) in [5, 5.41) is 4.95. The van der Waals surface area contributed by atoms with E-state index in [4.69, 9.17) is 25.7 Å². The highest BCUT2D eigenvalue weighted by Gasteiger charge is 2.21. The summed E-state index contributed by atoms with van der Waals surface area (Å²) >= 11 is 0. The van der Waals surface area contributed by atoms with E-state index < -0.39 is 35.3 Å². The van der Waals surface area contributed by atoms with Gasteiger partial charge in [0.2, 0.25) is 0 Å². The van der Waals surface area contributed by atoms with Crippen LogP contribution in [0.15, 0.2) is 36.4 Å². The molecule has 0 saturated carbocycles. The number of anilines is 4. The molecule has 0 bridgehead atoms. The van der Waals surface area contributed by atoms with E-state index in [0.717, 1.165) is 0 Å². The quantitative estimate of drug-likeness (QED) is 0.209. The second kappa shape index (κ2) is 10.3. The summed E-state index contributed by atoms with van der Waals surface area (Å²) in [5.74, 6) is -2.03. The Bertz CT molecular complexity index is 1080. The van der Waals surface area contributed by atoms with E-state index in [1.54, 1.807) is 41.5 Å². The number of ether oxygens (including phenoxy) is 3. The normalized spacial score (nSPS) is 11.3. The number of rotatable bonds is 4. The minimum Gasteiger partial charge on any atom is -0.444 e. The third-order valence-corrected chi connectivity index (χ3v) is 3.86. The molecule has 11 heteroatoms. The van der Waals surface area contributed by atoms with Crippen molar-refractivity contribution < 1.29 is 33.4 Å². The lowest BCUT2D eigenvalue weighted by Gasteiger charge is -2.21. The highest BCUT2D eigenvalue weighted by atomic mass is 16.6. The van der Waals surface area contributed by atoms with Gasteiger partial charge in [-0.15, -0.1) is 0 Å². The maximum Gasteiger partial charge on any atom is 0.412 e. The summed E-state index contributed by atoms with van der Waals surface area (Å²) in [7, 11) is 0. The Kier molecular flexibility index (Phi) is 7.96. The van der Waals surface area contributed by atoms with Crippen LogP contribution in [0.5, 0.6) is 0 Å². The molecule has 2 aromatic carbocycles. The second-order valence-corrected chi connectivity index (χ2v) is 9.62. The van der Waals surface area contributed by atoms with Crippen LogP contribution in [0.3, 0.4) is 0 Å². The van der Waals surface area contributed by atoms with Crippen LogP contribution >= 0.6 is 0 Å². The lowest BCUT2D eigenvalue weighted by molar-refractivity contribution is 0.0395. The van der Waals surface area contributed by atoms with Gasteiger partial charge in [-0.05, 0) is 77.9 Å². The fraction of sp³-hybridized carbons (Fsp3) is 0.333. The van der Waals surface area contributed by atoms with E-state index in [0.29, 0.717) is 0 Å². The Morgan fingerprint density at radius 1 is 0.629 bits per heavy atom. The molecule has 0 heterocycles. The molecule has 0 aliphatic rings. The van der Waals surface area contributed by atoms with Crippen LogP contribution in [-0.2, 0) is 14.2 Å². The zero-order chi connectivity index (χ0) is 26.6. The molecule has 6 N–H and O–H groups in total. The minimum atomic E-state index is -1.05. The molecule has 2 aromatic rings. The monoisotopic (exact) mass is 486 g/mol. The number of nitrogens with one attached hydrogen (secondary N) is 2. The van der Waals surface area contributed by atoms with Crippen LogP contribution in [0, 0.1) is 0 Å². The number of benzene rings is 2. The van der Waals surface area contributed by atoms with Crippen molar-refractivity contribution in [3.63, 3.8) is 0 Å². The molecular weight excluding hydrogens is 456 g/mol. The third-order valence-electron chi connectivity index (χ3n) is 3.86. The van der Waals surface area contributed by atoms with Crippen LogP contribution < -0.4 is 22.1 Å². The van der Waals surface area contributed by atoms with E-state index in [-0.39, 0.29) is 33.9 Å². The Morgan fingerprint density at radius 3 is 1.37 bits per heavy atom. The molecule has 2 amide bonds. The van der Waals surface area contributed by atoms with Crippen molar-refractivity contribution in [3.8, 4) is 0 Å². The maximum absolute atomic E-state index is 12.7. The van der Waals surface area contributed by atoms with Crippen LogP contribution in [-0.4, -0.2) is 35.3 Å². The molecule has 0 aliphatic carbocycles. The van der Waals surface area contributed by atoms with Gasteiger partial charge in [-0.1, -0.05) is 0 Å². The van der Waals surface area contributed by atoms with Gasteiger partial charge in [0.25, 0.3) is 0 Å². The second-order valence-electron chi connectivity index (χ2n) is 9.62. The van der Waals surface area contributed by atoms with Gasteiger partial charge in [-0.25, -0.2) is 19.2 Å². The third kappa shape index (κ3) is 9.24. The van der Waals surface area contributed by atoms with Gasteiger partial charge in [0, 0.05) is 22.7 Å². The van der Waals surface area contributed by atoms with Gasteiger partial charge < -0.3 is 25.7 Å². The smallest absolute Gasteiger partial charge is 0.412 e. The van der Waals surface area contributed by atoms with E-state index in [1.165, 1.54) is 36.4 Å². The summed E-state index contributed by atoms with van der Waals surface area (Å²) in [4.78, 5) is 49.6. The first-order chi connectivity index (χ1) is 16.0. The number of carbonyl (C=O) groups is 4. The zero-order valence-corrected chi connectivity index (χ0v) is 20.5. The number of nitrogen functional groups attached to an aromatic ring is 2. The van der Waals surface area contributed by atoms with Crippen molar-refractivity contribution in [2.24, 2.45) is 0 Å². The standard InChI is InChI=1S/C24H30N4O7/c1-23(2,3)34-21(31)27-17-9-14(10-18(12-17)28-22(32)35-24(4,5)6)20(30)33-19(29)13-7-15(25)11-16(26)8-13/h7-12H,25-26H2,1-6H3,(H,27,31)(H,28,32). The first-order valence-electron chi connectivity index (χ1n) is 10.6. The van der Waals surface area contributed by atoms with Gasteiger partial charge in [-0.3, -0.25) is 10.6 Å². The van der Waals surface area contributed by atoms with Crippen LogP contribution in [0.1, 0.15) is 62.3 Å². The SMILES string of the molecule is CC(C)(C)OC(=O)Nc1cc(NC(=O)OC(C)(C)C)cc(C(=O)OC(=O)c2cc(N)cc(N)c2)c1. The van der Waals surface area contributed by atoms with Crippen molar-refractivity contribution in [1.82, 2.24) is 0 Å². The molecule has 0 unspecified atom stereocenters. The lowest BCUT2D eigenvalue weighted by Crippen LogP contribution is -2.28. The van der Waals surface area contributed by atoms with E-state index >= 15 is 0 Å². The molecule has 0 radical (unpaired) electrons. The lowest BCUT2D eigenvalue weighted by atomic mass is 10.1. The molecule has 11 nitrogen and oxygen atoms in total. The van der Waals surface area contributed by atoms with Crippen molar-refractivity contribution in [2.75, 3.05) is 22.1 Å². The van der Waals surface area contributed by atoms with Gasteiger partial charge >= 0.3 is 24.1 Å². The first-order valence-corrected chi connectivity index (χ1v) is 10.6. The summed E-state index contributed by atoms with van der Waals surface area (Å²) in [6, 6.07) is 7.95.